The highest BCUT2D eigenvalue weighted by Crippen LogP contribution is 2.15. The fraction of sp³-hybridized carbons (Fsp3) is 0.400. The molecule has 1 rings (SSSR count). The van der Waals surface area contributed by atoms with Crippen LogP contribution in [0, 0.1) is 0 Å². The van der Waals surface area contributed by atoms with Gasteiger partial charge in [0.1, 0.15) is 5.82 Å². The lowest BCUT2D eigenvalue weighted by atomic mass is 10.1. The molecule has 1 aromatic heterocycles. The first kappa shape index (κ1) is 9.71. The van der Waals surface area contributed by atoms with E-state index in [0.717, 1.165) is 0 Å². The lowest BCUT2D eigenvalue weighted by molar-refractivity contribution is -0.114. The van der Waals surface area contributed by atoms with Gasteiger partial charge in [-0.1, -0.05) is 13.8 Å². The molecule has 1 aromatic rings. The molecule has 3 heteroatoms. The Bertz CT molecular complexity index is 308. The summed E-state index contributed by atoms with van der Waals surface area (Å²) >= 11 is 0. The van der Waals surface area contributed by atoms with Crippen LogP contribution in [0.5, 0.6) is 0 Å². The van der Waals surface area contributed by atoms with Crippen molar-refractivity contribution < 1.29 is 4.79 Å². The lowest BCUT2D eigenvalue weighted by Crippen LogP contribution is -2.07. The van der Waals surface area contributed by atoms with Crippen LogP contribution in [0.1, 0.15) is 32.3 Å². The van der Waals surface area contributed by atoms with E-state index in [4.69, 9.17) is 0 Å². The van der Waals surface area contributed by atoms with E-state index in [1.165, 1.54) is 12.5 Å². The Morgan fingerprint density at radius 1 is 1.54 bits per heavy atom. The zero-order valence-corrected chi connectivity index (χ0v) is 8.16. The zero-order valence-electron chi connectivity index (χ0n) is 8.16. The van der Waals surface area contributed by atoms with Gasteiger partial charge in [-0.15, -0.1) is 0 Å². The molecule has 0 saturated heterocycles. The Balaban J connectivity index is 2.85. The number of nitrogens with zero attached hydrogens (tertiary/aromatic N) is 1. The molecule has 0 unspecified atom stereocenters. The van der Waals surface area contributed by atoms with Crippen LogP contribution in [0.3, 0.4) is 0 Å². The second-order valence-corrected chi connectivity index (χ2v) is 3.31. The summed E-state index contributed by atoms with van der Waals surface area (Å²) in [5.41, 5.74) is 1.18. The van der Waals surface area contributed by atoms with Gasteiger partial charge in [-0.05, 0) is 23.6 Å². The molecule has 0 atom stereocenters. The first-order valence-corrected chi connectivity index (χ1v) is 4.33. The van der Waals surface area contributed by atoms with Gasteiger partial charge in [-0.3, -0.25) is 4.79 Å². The van der Waals surface area contributed by atoms with Crippen LogP contribution < -0.4 is 5.32 Å². The van der Waals surface area contributed by atoms with E-state index in [9.17, 15) is 4.79 Å². The maximum absolute atomic E-state index is 10.7. The summed E-state index contributed by atoms with van der Waals surface area (Å²) in [6.07, 6.45) is 1.71. The molecule has 0 bridgehead atoms. The fourth-order valence-corrected chi connectivity index (χ4v) is 1.05. The van der Waals surface area contributed by atoms with Gasteiger partial charge in [-0.25, -0.2) is 4.98 Å². The highest BCUT2D eigenvalue weighted by Gasteiger charge is 2.01. The summed E-state index contributed by atoms with van der Waals surface area (Å²) in [5, 5.41) is 2.65. The van der Waals surface area contributed by atoms with Crippen LogP contribution in [0.4, 0.5) is 5.82 Å². The van der Waals surface area contributed by atoms with Crippen molar-refractivity contribution in [3.63, 3.8) is 0 Å². The van der Waals surface area contributed by atoms with E-state index in [1.807, 2.05) is 12.1 Å². The predicted octanol–water partition coefficient (Wildman–Crippen LogP) is 2.16. The molecule has 0 radical (unpaired) electrons. The van der Waals surface area contributed by atoms with Gasteiger partial charge in [0.15, 0.2) is 0 Å². The first-order chi connectivity index (χ1) is 6.09. The smallest absolute Gasteiger partial charge is 0.222 e. The van der Waals surface area contributed by atoms with Crippen molar-refractivity contribution in [2.24, 2.45) is 0 Å². The maximum atomic E-state index is 10.7. The van der Waals surface area contributed by atoms with Crippen molar-refractivity contribution in [3.8, 4) is 0 Å². The van der Waals surface area contributed by atoms with Crippen LogP contribution >= 0.6 is 0 Å². The van der Waals surface area contributed by atoms with Crippen LogP contribution in [-0.2, 0) is 4.79 Å². The molecule has 1 N–H and O–H groups in total. The minimum absolute atomic E-state index is 0.0894. The van der Waals surface area contributed by atoms with Gasteiger partial charge < -0.3 is 5.32 Å². The Kier molecular flexibility index (Phi) is 3.01. The SMILES string of the molecule is CC(=O)Nc1cc(C(C)C)ccn1. The maximum Gasteiger partial charge on any atom is 0.222 e. The molecular formula is C10H14N2O. The van der Waals surface area contributed by atoms with Crippen LogP contribution in [0.25, 0.3) is 0 Å². The van der Waals surface area contributed by atoms with Crippen molar-refractivity contribution in [2.75, 3.05) is 5.32 Å². The van der Waals surface area contributed by atoms with Crippen molar-refractivity contribution in [2.45, 2.75) is 26.7 Å². The summed E-state index contributed by atoms with van der Waals surface area (Å²) in [4.78, 5) is 14.8. The Hall–Kier alpha value is -1.38. The molecule has 0 fully saturated rings. The number of carbonyl (C=O) groups is 1. The van der Waals surface area contributed by atoms with Crippen molar-refractivity contribution in [1.29, 1.82) is 0 Å². The Morgan fingerprint density at radius 2 is 2.23 bits per heavy atom. The molecule has 0 saturated carbocycles. The fourth-order valence-electron chi connectivity index (χ4n) is 1.05. The molecule has 1 heterocycles. The topological polar surface area (TPSA) is 42.0 Å². The number of hydrogen-bond acceptors (Lipinski definition) is 2. The highest BCUT2D eigenvalue weighted by molar-refractivity contribution is 5.87. The number of pyridine rings is 1. The second kappa shape index (κ2) is 4.03. The first-order valence-electron chi connectivity index (χ1n) is 4.33. The van der Waals surface area contributed by atoms with Gasteiger partial charge in [0, 0.05) is 13.1 Å². The molecule has 3 nitrogen and oxygen atoms in total. The van der Waals surface area contributed by atoms with Crippen molar-refractivity contribution in [1.82, 2.24) is 4.98 Å². The summed E-state index contributed by atoms with van der Waals surface area (Å²) in [6, 6.07) is 3.85. The van der Waals surface area contributed by atoms with Crippen molar-refractivity contribution >= 4 is 11.7 Å². The average molecular weight is 178 g/mol. The Labute approximate surface area is 78.2 Å². The van der Waals surface area contributed by atoms with E-state index in [2.05, 4.69) is 24.1 Å². The largest absolute Gasteiger partial charge is 0.311 e. The van der Waals surface area contributed by atoms with E-state index in [1.54, 1.807) is 6.20 Å². The third kappa shape index (κ3) is 2.86. The summed E-state index contributed by atoms with van der Waals surface area (Å²) < 4.78 is 0. The Morgan fingerprint density at radius 3 is 2.77 bits per heavy atom. The summed E-state index contributed by atoms with van der Waals surface area (Å²) in [6.45, 7) is 5.68. The van der Waals surface area contributed by atoms with E-state index >= 15 is 0 Å². The summed E-state index contributed by atoms with van der Waals surface area (Å²) in [7, 11) is 0. The van der Waals surface area contributed by atoms with Crippen LogP contribution in [0.15, 0.2) is 18.3 Å². The molecule has 0 spiro atoms. The van der Waals surface area contributed by atoms with Gasteiger partial charge >= 0.3 is 0 Å². The van der Waals surface area contributed by atoms with E-state index in [0.29, 0.717) is 11.7 Å². The van der Waals surface area contributed by atoms with Gasteiger partial charge in [0.2, 0.25) is 5.91 Å². The number of hydrogen-bond donors (Lipinski definition) is 1. The molecule has 0 aromatic carbocycles. The monoisotopic (exact) mass is 178 g/mol. The lowest BCUT2D eigenvalue weighted by Gasteiger charge is -2.06. The quantitative estimate of drug-likeness (QED) is 0.754. The molecule has 13 heavy (non-hydrogen) atoms. The summed E-state index contributed by atoms with van der Waals surface area (Å²) in [5.74, 6) is 0.989. The normalized spacial score (nSPS) is 10.2. The zero-order chi connectivity index (χ0) is 9.84. The average Bonchev–Trinajstić information content (AvgIpc) is 2.03. The number of aromatic nitrogens is 1. The van der Waals surface area contributed by atoms with Crippen LogP contribution in [-0.4, -0.2) is 10.9 Å². The molecule has 0 aliphatic carbocycles. The molecule has 0 aliphatic rings. The molecular weight excluding hydrogens is 164 g/mol. The number of rotatable bonds is 2. The molecule has 0 aliphatic heterocycles. The van der Waals surface area contributed by atoms with Gasteiger partial charge in [0.05, 0.1) is 0 Å². The third-order valence-corrected chi connectivity index (χ3v) is 1.75. The number of carbonyl (C=O) groups excluding carboxylic acids is 1. The minimum Gasteiger partial charge on any atom is -0.311 e. The molecule has 1 amide bonds. The predicted molar refractivity (Wildman–Crippen MR) is 52.6 cm³/mol. The number of anilines is 1. The van der Waals surface area contributed by atoms with Crippen LogP contribution in [0.2, 0.25) is 0 Å². The minimum atomic E-state index is -0.0894. The van der Waals surface area contributed by atoms with E-state index in [-0.39, 0.29) is 5.91 Å². The highest BCUT2D eigenvalue weighted by atomic mass is 16.1. The molecule has 70 valence electrons. The van der Waals surface area contributed by atoms with Gasteiger partial charge in [0.25, 0.3) is 0 Å². The standard InChI is InChI=1S/C10H14N2O/c1-7(2)9-4-5-11-10(6-9)12-8(3)13/h4-7H,1-3H3,(H,11,12,13). The van der Waals surface area contributed by atoms with E-state index < -0.39 is 0 Å². The third-order valence-electron chi connectivity index (χ3n) is 1.75. The second-order valence-electron chi connectivity index (χ2n) is 3.31. The van der Waals surface area contributed by atoms with Crippen molar-refractivity contribution in [3.05, 3.63) is 23.9 Å². The number of amides is 1. The van der Waals surface area contributed by atoms with Gasteiger partial charge in [-0.2, -0.15) is 0 Å². The number of nitrogens with one attached hydrogen (secondary N) is 1.